The smallest absolute Gasteiger partial charge is 0.384 e. The number of hydrogen-bond acceptors (Lipinski definition) is 5. The fraction of sp³-hybridized carbons (Fsp3) is 0.462. The topological polar surface area (TPSA) is 66.9 Å². The fourth-order valence-electron chi connectivity index (χ4n) is 5.08. The number of aromatic nitrogens is 2. The van der Waals surface area contributed by atoms with Crippen LogP contribution in [0.15, 0.2) is 36.7 Å². The lowest BCUT2D eigenvalue weighted by Crippen LogP contribution is -2.49. The Labute approximate surface area is 203 Å². The summed E-state index contributed by atoms with van der Waals surface area (Å²) in [7, 11) is 0. The average molecular weight is 488 g/mol. The van der Waals surface area contributed by atoms with Gasteiger partial charge in [-0.1, -0.05) is 6.92 Å². The number of halogens is 3. The lowest BCUT2D eigenvalue weighted by Gasteiger charge is -2.39. The van der Waals surface area contributed by atoms with Crippen molar-refractivity contribution in [2.24, 2.45) is 0 Å². The molecule has 0 spiro atoms. The first-order valence-corrected chi connectivity index (χ1v) is 12.0. The molecule has 6 nitrogen and oxygen atoms in total. The van der Waals surface area contributed by atoms with Gasteiger partial charge in [-0.3, -0.25) is 14.6 Å². The van der Waals surface area contributed by atoms with Crippen LogP contribution < -0.4 is 5.73 Å². The standard InChI is InChI=1S/C26H32F3N5O/c1-4-5-23(35)21-14-22-20(19-6-7-24(30)31-15-19)8-9-34(22)25(17(21)2)18(3)33-12-10-32(11-13-33)16-26(27,28)29/h6-9,14-15,18H,4-5,10-13,16H2,1-3H3,(H2,30,31). The van der Waals surface area contributed by atoms with Crippen molar-refractivity contribution in [2.45, 2.75) is 45.8 Å². The van der Waals surface area contributed by atoms with Crippen molar-refractivity contribution in [3.05, 3.63) is 53.5 Å². The molecule has 9 heteroatoms. The van der Waals surface area contributed by atoms with E-state index in [9.17, 15) is 18.0 Å². The number of pyridine rings is 2. The average Bonchev–Trinajstić information content (AvgIpc) is 3.22. The van der Waals surface area contributed by atoms with Crippen LogP contribution in [-0.2, 0) is 0 Å². The summed E-state index contributed by atoms with van der Waals surface area (Å²) in [5.41, 5.74) is 11.1. The van der Waals surface area contributed by atoms with Crippen molar-refractivity contribution < 1.29 is 18.0 Å². The first-order valence-electron chi connectivity index (χ1n) is 12.0. The number of nitrogens with zero attached hydrogens (tertiary/aromatic N) is 4. The number of piperazine rings is 1. The van der Waals surface area contributed by atoms with Crippen molar-refractivity contribution in [1.82, 2.24) is 19.2 Å². The van der Waals surface area contributed by atoms with Crippen LogP contribution in [0.2, 0.25) is 0 Å². The molecule has 3 aromatic rings. The van der Waals surface area contributed by atoms with Gasteiger partial charge >= 0.3 is 6.18 Å². The molecule has 0 radical (unpaired) electrons. The summed E-state index contributed by atoms with van der Waals surface area (Å²) in [6.07, 6.45) is 0.740. The predicted octanol–water partition coefficient (Wildman–Crippen LogP) is 5.12. The quantitative estimate of drug-likeness (QED) is 0.469. The van der Waals surface area contributed by atoms with E-state index in [1.165, 1.54) is 4.90 Å². The fourth-order valence-corrected chi connectivity index (χ4v) is 5.08. The Bertz CT molecular complexity index is 1190. The zero-order valence-corrected chi connectivity index (χ0v) is 20.4. The Morgan fingerprint density at radius 2 is 1.89 bits per heavy atom. The van der Waals surface area contributed by atoms with Gasteiger partial charge in [-0.15, -0.1) is 0 Å². The van der Waals surface area contributed by atoms with Gasteiger partial charge in [-0.05, 0) is 50.1 Å². The Hall–Kier alpha value is -2.91. The van der Waals surface area contributed by atoms with Gasteiger partial charge in [0.2, 0.25) is 0 Å². The molecular formula is C26H32F3N5O. The van der Waals surface area contributed by atoms with E-state index < -0.39 is 12.7 Å². The van der Waals surface area contributed by atoms with Crippen molar-refractivity contribution >= 4 is 17.1 Å². The number of rotatable bonds is 7. The Morgan fingerprint density at radius 1 is 1.17 bits per heavy atom. The summed E-state index contributed by atoms with van der Waals surface area (Å²) >= 11 is 0. The third kappa shape index (κ3) is 5.36. The summed E-state index contributed by atoms with van der Waals surface area (Å²) in [5, 5.41) is 0. The van der Waals surface area contributed by atoms with E-state index in [0.29, 0.717) is 44.0 Å². The highest BCUT2D eigenvalue weighted by atomic mass is 19.4. The number of hydrogen-bond donors (Lipinski definition) is 1. The largest absolute Gasteiger partial charge is 0.401 e. The van der Waals surface area contributed by atoms with Gasteiger partial charge in [0.15, 0.2) is 5.78 Å². The van der Waals surface area contributed by atoms with Gasteiger partial charge in [-0.25, -0.2) is 4.98 Å². The minimum Gasteiger partial charge on any atom is -0.384 e. The maximum absolute atomic E-state index is 13.1. The molecule has 4 heterocycles. The van der Waals surface area contributed by atoms with Crippen LogP contribution in [0.1, 0.15) is 54.3 Å². The van der Waals surface area contributed by atoms with E-state index in [4.69, 9.17) is 5.73 Å². The first-order chi connectivity index (χ1) is 16.6. The monoisotopic (exact) mass is 487 g/mol. The molecule has 35 heavy (non-hydrogen) atoms. The number of Topliss-reactive ketones (excluding diaryl/α,β-unsaturated/α-hetero) is 1. The van der Waals surface area contributed by atoms with Gasteiger partial charge < -0.3 is 10.1 Å². The highest BCUT2D eigenvalue weighted by molar-refractivity contribution is 6.00. The van der Waals surface area contributed by atoms with Gasteiger partial charge in [0.05, 0.1) is 12.1 Å². The van der Waals surface area contributed by atoms with E-state index in [1.54, 1.807) is 12.3 Å². The molecule has 188 valence electrons. The molecule has 0 amide bonds. The normalized spacial score (nSPS) is 16.6. The lowest BCUT2D eigenvalue weighted by atomic mass is 9.96. The zero-order chi connectivity index (χ0) is 25.3. The first kappa shape index (κ1) is 25.2. The van der Waals surface area contributed by atoms with Gasteiger partial charge in [0.25, 0.3) is 0 Å². The number of carbonyl (C=O) groups excluding carboxylic acids is 1. The SMILES string of the molecule is CCCC(=O)c1cc2c(-c3ccc(N)nc3)ccn2c(C(C)N2CCN(CC(F)(F)F)CC2)c1C. The highest BCUT2D eigenvalue weighted by Gasteiger charge is 2.33. The highest BCUT2D eigenvalue weighted by Crippen LogP contribution is 2.34. The maximum Gasteiger partial charge on any atom is 0.401 e. The van der Waals surface area contributed by atoms with Crippen LogP contribution in [0.3, 0.4) is 0 Å². The molecular weight excluding hydrogens is 455 g/mol. The molecule has 1 unspecified atom stereocenters. The summed E-state index contributed by atoms with van der Waals surface area (Å²) < 4.78 is 40.6. The molecule has 1 saturated heterocycles. The number of nitrogens with two attached hydrogens (primary N) is 1. The summed E-state index contributed by atoms with van der Waals surface area (Å²) in [4.78, 5) is 21.0. The number of alkyl halides is 3. The van der Waals surface area contributed by atoms with E-state index in [-0.39, 0.29) is 11.8 Å². The van der Waals surface area contributed by atoms with Crippen LogP contribution in [0, 0.1) is 6.92 Å². The zero-order valence-electron chi connectivity index (χ0n) is 20.4. The van der Waals surface area contributed by atoms with Crippen molar-refractivity contribution in [2.75, 3.05) is 38.5 Å². The van der Waals surface area contributed by atoms with Crippen LogP contribution in [-0.4, -0.2) is 63.9 Å². The minimum absolute atomic E-state index is 0.0790. The predicted molar refractivity (Wildman–Crippen MR) is 131 cm³/mol. The third-order valence-electron chi connectivity index (χ3n) is 6.88. The molecule has 0 saturated carbocycles. The second-order valence-corrected chi connectivity index (χ2v) is 9.30. The van der Waals surface area contributed by atoms with Crippen molar-refractivity contribution in [3.63, 3.8) is 0 Å². The molecule has 0 aliphatic carbocycles. The number of fused-ring (bicyclic) bond motifs is 1. The van der Waals surface area contributed by atoms with E-state index in [1.807, 2.05) is 38.2 Å². The molecule has 1 aliphatic rings. The molecule has 0 aromatic carbocycles. The van der Waals surface area contributed by atoms with E-state index >= 15 is 0 Å². The van der Waals surface area contributed by atoms with Gasteiger partial charge in [0.1, 0.15) is 5.82 Å². The molecule has 2 N–H and O–H groups in total. The summed E-state index contributed by atoms with van der Waals surface area (Å²) in [6.45, 7) is 6.92. The summed E-state index contributed by atoms with van der Waals surface area (Å²) in [5.74, 6) is 0.532. The number of carbonyl (C=O) groups is 1. The summed E-state index contributed by atoms with van der Waals surface area (Å²) in [6, 6.07) is 7.54. The van der Waals surface area contributed by atoms with Gasteiger partial charge in [-0.2, -0.15) is 13.2 Å². The minimum atomic E-state index is -4.19. The number of nitrogen functional groups attached to an aromatic ring is 1. The Morgan fingerprint density at radius 3 is 2.49 bits per heavy atom. The van der Waals surface area contributed by atoms with Crippen molar-refractivity contribution in [3.8, 4) is 11.1 Å². The van der Waals surface area contributed by atoms with Gasteiger partial charge in [0, 0.05) is 73.4 Å². The molecule has 0 bridgehead atoms. The lowest BCUT2D eigenvalue weighted by molar-refractivity contribution is -0.149. The Balaban J connectivity index is 1.74. The maximum atomic E-state index is 13.1. The van der Waals surface area contributed by atoms with Crippen LogP contribution in [0.5, 0.6) is 0 Å². The van der Waals surface area contributed by atoms with Crippen molar-refractivity contribution in [1.29, 1.82) is 0 Å². The Kier molecular flexibility index (Phi) is 7.19. The molecule has 1 fully saturated rings. The number of anilines is 1. The molecule has 1 atom stereocenters. The third-order valence-corrected chi connectivity index (χ3v) is 6.88. The molecule has 1 aliphatic heterocycles. The molecule has 3 aromatic heterocycles. The second kappa shape index (κ2) is 9.99. The van der Waals surface area contributed by atoms with Crippen LogP contribution >= 0.6 is 0 Å². The van der Waals surface area contributed by atoms with Crippen LogP contribution in [0.4, 0.5) is 19.0 Å². The van der Waals surface area contributed by atoms with E-state index in [2.05, 4.69) is 21.2 Å². The second-order valence-electron chi connectivity index (χ2n) is 9.30. The van der Waals surface area contributed by atoms with Crippen LogP contribution in [0.25, 0.3) is 16.6 Å². The van der Waals surface area contributed by atoms with E-state index in [0.717, 1.165) is 34.3 Å². The number of ketones is 1. The molecule has 4 rings (SSSR count).